The molecule has 72 valence electrons. The summed E-state index contributed by atoms with van der Waals surface area (Å²) in [5, 5.41) is 11.5. The Kier molecular flexibility index (Phi) is 2.09. The maximum atomic E-state index is 11.4. The molecule has 0 saturated heterocycles. The van der Waals surface area contributed by atoms with Crippen molar-refractivity contribution in [2.45, 2.75) is 6.92 Å². The van der Waals surface area contributed by atoms with Crippen molar-refractivity contribution in [2.24, 2.45) is 0 Å². The molecule has 0 aromatic carbocycles. The van der Waals surface area contributed by atoms with E-state index in [1.165, 1.54) is 28.2 Å². The quantitative estimate of drug-likeness (QED) is 0.768. The number of hydrogen-bond donors (Lipinski definition) is 1. The van der Waals surface area contributed by atoms with Gasteiger partial charge in [-0.2, -0.15) is 0 Å². The first-order valence-corrected chi connectivity index (χ1v) is 4.89. The molecule has 2 rings (SSSR count). The van der Waals surface area contributed by atoms with Crippen LogP contribution in [0.4, 0.5) is 0 Å². The van der Waals surface area contributed by atoms with Gasteiger partial charge in [-0.05, 0) is 13.0 Å². The normalized spacial score (nSPS) is 10.4. The minimum absolute atomic E-state index is 0.0282. The number of aromatic nitrogens is 2. The number of aromatic hydroxyl groups is 1. The van der Waals surface area contributed by atoms with Gasteiger partial charge < -0.3 is 5.11 Å². The van der Waals surface area contributed by atoms with E-state index in [1.54, 1.807) is 0 Å². The van der Waals surface area contributed by atoms with Crippen LogP contribution in [0.5, 0.6) is 5.75 Å². The Morgan fingerprint density at radius 3 is 2.93 bits per heavy atom. The van der Waals surface area contributed by atoms with Crippen LogP contribution in [0, 0.1) is 6.92 Å². The van der Waals surface area contributed by atoms with Crippen molar-refractivity contribution in [3.05, 3.63) is 39.8 Å². The molecule has 0 aliphatic heterocycles. The molecule has 0 spiro atoms. The van der Waals surface area contributed by atoms with Gasteiger partial charge in [0.2, 0.25) is 0 Å². The van der Waals surface area contributed by atoms with Crippen molar-refractivity contribution < 1.29 is 5.11 Å². The Labute approximate surface area is 84.1 Å². The minimum atomic E-state index is -0.278. The van der Waals surface area contributed by atoms with Crippen molar-refractivity contribution in [1.82, 2.24) is 9.55 Å². The molecule has 1 N–H and O–H groups in total. The number of hydrogen-bond acceptors (Lipinski definition) is 4. The first-order valence-electron chi connectivity index (χ1n) is 4.01. The molecule has 0 unspecified atom stereocenters. The van der Waals surface area contributed by atoms with Crippen molar-refractivity contribution in [2.75, 3.05) is 0 Å². The number of pyridine rings is 1. The molecule has 0 saturated carbocycles. The van der Waals surface area contributed by atoms with E-state index < -0.39 is 0 Å². The van der Waals surface area contributed by atoms with Crippen LogP contribution >= 0.6 is 11.3 Å². The summed E-state index contributed by atoms with van der Waals surface area (Å²) in [4.78, 5) is 15.6. The van der Waals surface area contributed by atoms with E-state index >= 15 is 0 Å². The fourth-order valence-electron chi connectivity index (χ4n) is 1.08. The molecule has 4 nitrogen and oxygen atoms in total. The molecule has 0 radical (unpaired) electrons. The Bertz CT molecular complexity index is 516. The summed E-state index contributed by atoms with van der Waals surface area (Å²) in [7, 11) is 0. The predicted octanol–water partition coefficient (Wildman–Crippen LogP) is 1.31. The van der Waals surface area contributed by atoms with Gasteiger partial charge >= 0.3 is 0 Å². The topological polar surface area (TPSA) is 55.1 Å². The van der Waals surface area contributed by atoms with Crippen LogP contribution in [0.2, 0.25) is 0 Å². The molecule has 5 heteroatoms. The van der Waals surface area contributed by atoms with E-state index in [-0.39, 0.29) is 11.3 Å². The van der Waals surface area contributed by atoms with Gasteiger partial charge in [-0.25, -0.2) is 4.98 Å². The average Bonchev–Trinajstić information content (AvgIpc) is 2.51. The summed E-state index contributed by atoms with van der Waals surface area (Å²) in [6.45, 7) is 1.87. The van der Waals surface area contributed by atoms with E-state index in [2.05, 4.69) is 4.98 Å². The van der Waals surface area contributed by atoms with Crippen LogP contribution in [0.3, 0.4) is 0 Å². The lowest BCUT2D eigenvalue weighted by Gasteiger charge is -1.99. The van der Waals surface area contributed by atoms with Gasteiger partial charge in [0.05, 0.1) is 5.69 Å². The lowest BCUT2D eigenvalue weighted by molar-refractivity contribution is 0.473. The van der Waals surface area contributed by atoms with E-state index in [4.69, 9.17) is 5.11 Å². The third kappa shape index (κ3) is 1.54. The molecule has 14 heavy (non-hydrogen) atoms. The van der Waals surface area contributed by atoms with Crippen LogP contribution in [0.1, 0.15) is 5.69 Å². The summed E-state index contributed by atoms with van der Waals surface area (Å²) >= 11 is 1.39. The third-order valence-electron chi connectivity index (χ3n) is 1.72. The van der Waals surface area contributed by atoms with Crippen LogP contribution in [-0.4, -0.2) is 14.7 Å². The fraction of sp³-hybridized carbons (Fsp3) is 0.111. The number of aryl methyl sites for hydroxylation is 1. The summed E-state index contributed by atoms with van der Waals surface area (Å²) in [5.74, 6) is -0.0282. The Hall–Kier alpha value is -1.62. The highest BCUT2D eigenvalue weighted by Crippen LogP contribution is 2.13. The first kappa shape index (κ1) is 8.96. The highest BCUT2D eigenvalue weighted by atomic mass is 32.1. The average molecular weight is 208 g/mol. The Morgan fingerprint density at radius 2 is 2.36 bits per heavy atom. The van der Waals surface area contributed by atoms with Crippen LogP contribution in [0.15, 0.2) is 28.5 Å². The van der Waals surface area contributed by atoms with E-state index in [9.17, 15) is 4.79 Å². The number of nitrogens with zero attached hydrogens (tertiary/aromatic N) is 2. The van der Waals surface area contributed by atoms with E-state index in [1.807, 2.05) is 12.3 Å². The molecule has 0 bridgehead atoms. The predicted molar refractivity (Wildman–Crippen MR) is 54.1 cm³/mol. The van der Waals surface area contributed by atoms with Gasteiger partial charge in [-0.3, -0.25) is 9.36 Å². The number of rotatable bonds is 1. The first-order chi connectivity index (χ1) is 6.66. The molecule has 0 fully saturated rings. The second-order valence-electron chi connectivity index (χ2n) is 2.86. The second-order valence-corrected chi connectivity index (χ2v) is 3.70. The monoisotopic (exact) mass is 208 g/mol. The summed E-state index contributed by atoms with van der Waals surface area (Å²) in [5.41, 5.74) is 0.601. The van der Waals surface area contributed by atoms with Gasteiger partial charge in [-0.1, -0.05) is 0 Å². The maximum absolute atomic E-state index is 11.4. The van der Waals surface area contributed by atoms with Crippen molar-refractivity contribution in [1.29, 1.82) is 0 Å². The zero-order valence-corrected chi connectivity index (χ0v) is 8.28. The zero-order chi connectivity index (χ0) is 10.1. The van der Waals surface area contributed by atoms with Crippen molar-refractivity contribution >= 4 is 11.3 Å². The minimum Gasteiger partial charge on any atom is -0.508 e. The molecule has 2 aromatic rings. The maximum Gasteiger partial charge on any atom is 0.260 e. The van der Waals surface area contributed by atoms with E-state index in [0.717, 1.165) is 11.8 Å². The van der Waals surface area contributed by atoms with Gasteiger partial charge in [0.1, 0.15) is 5.75 Å². The van der Waals surface area contributed by atoms with Gasteiger partial charge in [0, 0.05) is 17.6 Å². The van der Waals surface area contributed by atoms with Gasteiger partial charge in [-0.15, -0.1) is 11.3 Å². The lowest BCUT2D eigenvalue weighted by atomic mass is 10.4. The molecular formula is C9H8N2O2S. The summed E-state index contributed by atoms with van der Waals surface area (Å²) < 4.78 is 1.40. The molecule has 0 aliphatic rings. The molecule has 0 aliphatic carbocycles. The highest BCUT2D eigenvalue weighted by Gasteiger charge is 2.03. The Balaban J connectivity index is 2.57. The van der Waals surface area contributed by atoms with Crippen LogP contribution in [0.25, 0.3) is 5.13 Å². The van der Waals surface area contributed by atoms with Crippen molar-refractivity contribution in [3.8, 4) is 10.9 Å². The molecule has 2 heterocycles. The SMILES string of the molecule is Cc1csc(-n2ccc(O)cc2=O)n1. The number of thiazole rings is 1. The standard InChI is InChI=1S/C9H8N2O2S/c1-6-5-14-9(10-6)11-3-2-7(12)4-8(11)13/h2-5,12H,1H3. The highest BCUT2D eigenvalue weighted by molar-refractivity contribution is 7.12. The zero-order valence-electron chi connectivity index (χ0n) is 7.47. The third-order valence-corrected chi connectivity index (χ3v) is 2.67. The van der Waals surface area contributed by atoms with Gasteiger partial charge in [0.15, 0.2) is 5.13 Å². The summed E-state index contributed by atoms with van der Waals surface area (Å²) in [6, 6.07) is 2.62. The molecule has 0 atom stereocenters. The molecule has 2 aromatic heterocycles. The molecule has 0 amide bonds. The second kappa shape index (κ2) is 3.26. The van der Waals surface area contributed by atoms with Gasteiger partial charge in [0.25, 0.3) is 5.56 Å². The Morgan fingerprint density at radius 1 is 1.57 bits per heavy atom. The fourth-order valence-corrected chi connectivity index (χ4v) is 1.87. The van der Waals surface area contributed by atoms with Crippen LogP contribution < -0.4 is 5.56 Å². The smallest absolute Gasteiger partial charge is 0.260 e. The summed E-state index contributed by atoms with van der Waals surface area (Å²) in [6.07, 6.45) is 1.51. The lowest BCUT2D eigenvalue weighted by Crippen LogP contribution is -2.15. The molecular weight excluding hydrogens is 200 g/mol. The van der Waals surface area contributed by atoms with E-state index in [0.29, 0.717) is 5.13 Å². The van der Waals surface area contributed by atoms with Crippen molar-refractivity contribution in [3.63, 3.8) is 0 Å². The van der Waals surface area contributed by atoms with Crippen LogP contribution in [-0.2, 0) is 0 Å². The largest absolute Gasteiger partial charge is 0.508 e.